The summed E-state index contributed by atoms with van der Waals surface area (Å²) in [5.74, 6) is 1.40. The lowest BCUT2D eigenvalue weighted by molar-refractivity contribution is -0.152. The smallest absolute Gasteiger partial charge is 0.246 e. The van der Waals surface area contributed by atoms with Crippen molar-refractivity contribution in [1.82, 2.24) is 24.9 Å². The Labute approximate surface area is 197 Å². The number of nitrogens with zero attached hydrogens (tertiary/aromatic N) is 4. The molecule has 2 saturated heterocycles. The van der Waals surface area contributed by atoms with E-state index in [1.807, 2.05) is 65.6 Å². The minimum absolute atomic E-state index is 0.0386. The number of piperazine rings is 2. The van der Waals surface area contributed by atoms with E-state index in [-0.39, 0.29) is 11.8 Å². The maximum absolute atomic E-state index is 13.0. The van der Waals surface area contributed by atoms with Crippen LogP contribution in [0.3, 0.4) is 0 Å². The lowest BCUT2D eigenvalue weighted by Crippen LogP contribution is -2.69. The molecule has 0 aliphatic carbocycles. The van der Waals surface area contributed by atoms with E-state index in [9.17, 15) is 9.59 Å². The molecular weight excluding hydrogens is 434 g/mol. The van der Waals surface area contributed by atoms with Gasteiger partial charge in [-0.1, -0.05) is 48.5 Å². The van der Waals surface area contributed by atoms with Crippen LogP contribution < -0.4 is 5.32 Å². The number of amides is 2. The molecular formula is C25H27N5O2S. The van der Waals surface area contributed by atoms with Gasteiger partial charge >= 0.3 is 0 Å². The van der Waals surface area contributed by atoms with Crippen molar-refractivity contribution in [3.63, 3.8) is 0 Å². The second-order valence-corrected chi connectivity index (χ2v) is 9.50. The number of benzene rings is 2. The Kier molecular flexibility index (Phi) is 6.46. The third-order valence-electron chi connectivity index (χ3n) is 6.12. The maximum atomic E-state index is 13.0. The average molecular weight is 462 g/mol. The molecule has 8 heteroatoms. The predicted octanol–water partition coefficient (Wildman–Crippen LogP) is 2.32. The molecule has 3 aromatic rings. The monoisotopic (exact) mass is 461 g/mol. The van der Waals surface area contributed by atoms with Crippen LogP contribution >= 0.6 is 11.8 Å². The number of hydrogen-bond donors (Lipinski definition) is 1. The molecule has 0 unspecified atom stereocenters. The molecule has 0 radical (unpaired) electrons. The highest BCUT2D eigenvalue weighted by molar-refractivity contribution is 7.98. The zero-order chi connectivity index (χ0) is 22.6. The van der Waals surface area contributed by atoms with Gasteiger partial charge in [0.2, 0.25) is 11.8 Å². The molecule has 2 fully saturated rings. The van der Waals surface area contributed by atoms with E-state index >= 15 is 0 Å². The van der Waals surface area contributed by atoms with Gasteiger partial charge in [-0.25, -0.2) is 4.68 Å². The summed E-state index contributed by atoms with van der Waals surface area (Å²) in [6.07, 6.45) is 3.89. The molecule has 170 valence electrons. The number of aromatic nitrogens is 2. The molecule has 33 heavy (non-hydrogen) atoms. The van der Waals surface area contributed by atoms with E-state index in [1.54, 1.807) is 16.7 Å². The number of para-hydroxylation sites is 1. The van der Waals surface area contributed by atoms with E-state index in [1.165, 1.54) is 5.56 Å². The normalized spacial score (nSPS) is 21.0. The molecule has 2 amide bonds. The third kappa shape index (κ3) is 4.96. The fourth-order valence-electron chi connectivity index (χ4n) is 4.40. The van der Waals surface area contributed by atoms with Crippen LogP contribution in [-0.2, 0) is 21.9 Å². The summed E-state index contributed by atoms with van der Waals surface area (Å²) in [4.78, 5) is 29.9. The molecule has 1 N–H and O–H groups in total. The van der Waals surface area contributed by atoms with Gasteiger partial charge in [-0.2, -0.15) is 16.9 Å². The van der Waals surface area contributed by atoms with E-state index in [4.69, 9.17) is 0 Å². The third-order valence-corrected chi connectivity index (χ3v) is 7.23. The minimum Gasteiger partial charge on any atom is -0.342 e. The summed E-state index contributed by atoms with van der Waals surface area (Å²) >= 11 is 1.68. The first-order valence-electron chi connectivity index (χ1n) is 11.2. The van der Waals surface area contributed by atoms with Crippen molar-refractivity contribution in [2.24, 2.45) is 0 Å². The van der Waals surface area contributed by atoms with Crippen molar-refractivity contribution < 1.29 is 9.59 Å². The highest BCUT2D eigenvalue weighted by Crippen LogP contribution is 2.21. The van der Waals surface area contributed by atoms with Crippen LogP contribution in [0.4, 0.5) is 0 Å². The SMILES string of the molecule is O=C1N[C@@H](CSCc2ccccc2)C(=O)N2CCN(Cc3cnn(-c4ccccc4)c3)C[C@H]12. The summed E-state index contributed by atoms with van der Waals surface area (Å²) in [5.41, 5.74) is 3.33. The van der Waals surface area contributed by atoms with Gasteiger partial charge in [-0.3, -0.25) is 14.5 Å². The Balaban J connectivity index is 1.16. The molecule has 2 aliphatic heterocycles. The van der Waals surface area contributed by atoms with Crippen LogP contribution in [0.5, 0.6) is 0 Å². The van der Waals surface area contributed by atoms with Crippen molar-refractivity contribution in [1.29, 1.82) is 0 Å². The van der Waals surface area contributed by atoms with Crippen molar-refractivity contribution in [3.05, 3.63) is 84.2 Å². The second kappa shape index (κ2) is 9.80. The lowest BCUT2D eigenvalue weighted by atomic mass is 10.0. The maximum Gasteiger partial charge on any atom is 0.246 e. The predicted molar refractivity (Wildman–Crippen MR) is 129 cm³/mol. The van der Waals surface area contributed by atoms with E-state index in [0.29, 0.717) is 25.4 Å². The van der Waals surface area contributed by atoms with E-state index < -0.39 is 12.1 Å². The molecule has 3 heterocycles. The van der Waals surface area contributed by atoms with Crippen molar-refractivity contribution in [3.8, 4) is 5.69 Å². The van der Waals surface area contributed by atoms with Crippen LogP contribution in [0.2, 0.25) is 0 Å². The van der Waals surface area contributed by atoms with Gasteiger partial charge in [0.1, 0.15) is 12.1 Å². The van der Waals surface area contributed by atoms with Crippen LogP contribution in [0, 0.1) is 0 Å². The summed E-state index contributed by atoms with van der Waals surface area (Å²) in [6.45, 7) is 2.56. The number of carbonyl (C=O) groups excluding carboxylic acids is 2. The Morgan fingerprint density at radius 3 is 2.52 bits per heavy atom. The molecule has 2 atom stereocenters. The average Bonchev–Trinajstić information content (AvgIpc) is 3.32. The van der Waals surface area contributed by atoms with Crippen LogP contribution in [0.15, 0.2) is 73.1 Å². The van der Waals surface area contributed by atoms with Crippen LogP contribution in [0.1, 0.15) is 11.1 Å². The Bertz CT molecular complexity index is 1100. The van der Waals surface area contributed by atoms with E-state index in [2.05, 4.69) is 27.4 Å². The molecule has 1 aromatic heterocycles. The second-order valence-electron chi connectivity index (χ2n) is 8.47. The van der Waals surface area contributed by atoms with Crippen molar-refractivity contribution in [2.75, 3.05) is 25.4 Å². The molecule has 0 saturated carbocycles. The van der Waals surface area contributed by atoms with Crippen molar-refractivity contribution >= 4 is 23.6 Å². The fraction of sp³-hybridized carbons (Fsp3) is 0.320. The zero-order valence-corrected chi connectivity index (χ0v) is 19.2. The molecule has 0 bridgehead atoms. The first-order chi connectivity index (χ1) is 16.2. The Morgan fingerprint density at radius 1 is 0.970 bits per heavy atom. The van der Waals surface area contributed by atoms with E-state index in [0.717, 1.165) is 23.5 Å². The highest BCUT2D eigenvalue weighted by atomic mass is 32.2. The van der Waals surface area contributed by atoms with Gasteiger partial charge in [0.25, 0.3) is 0 Å². The summed E-state index contributed by atoms with van der Waals surface area (Å²) < 4.78 is 1.86. The van der Waals surface area contributed by atoms with Crippen LogP contribution in [0.25, 0.3) is 5.69 Å². The van der Waals surface area contributed by atoms with Gasteiger partial charge in [-0.15, -0.1) is 0 Å². The summed E-state index contributed by atoms with van der Waals surface area (Å²) in [5, 5.41) is 7.43. The van der Waals surface area contributed by atoms with Gasteiger partial charge in [0.05, 0.1) is 11.9 Å². The number of fused-ring (bicyclic) bond motifs is 1. The fourth-order valence-corrected chi connectivity index (χ4v) is 5.41. The quantitative estimate of drug-likeness (QED) is 0.585. The minimum atomic E-state index is -0.446. The summed E-state index contributed by atoms with van der Waals surface area (Å²) in [6, 6.07) is 19.3. The Hall–Kier alpha value is -3.10. The van der Waals surface area contributed by atoms with Crippen LogP contribution in [-0.4, -0.2) is 68.9 Å². The number of carbonyl (C=O) groups is 2. The lowest BCUT2D eigenvalue weighted by Gasteiger charge is -2.45. The topological polar surface area (TPSA) is 70.5 Å². The molecule has 0 spiro atoms. The standard InChI is InChI=1S/C25H27N5O2S/c31-24-23-16-28(14-20-13-26-30(15-20)21-9-5-2-6-10-21)11-12-29(23)25(32)22(27-24)18-33-17-19-7-3-1-4-8-19/h1-10,13,15,22-23H,11-12,14,16-18H2,(H,27,31)/t22-,23+/m0/s1. The van der Waals surface area contributed by atoms with Gasteiger partial charge in [0, 0.05) is 49.4 Å². The zero-order valence-electron chi connectivity index (χ0n) is 18.3. The van der Waals surface area contributed by atoms with Crippen molar-refractivity contribution in [2.45, 2.75) is 24.4 Å². The Morgan fingerprint density at radius 2 is 1.73 bits per heavy atom. The molecule has 2 aliphatic rings. The first-order valence-corrected chi connectivity index (χ1v) is 12.4. The van der Waals surface area contributed by atoms with Gasteiger partial charge in [-0.05, 0) is 17.7 Å². The van der Waals surface area contributed by atoms with Gasteiger partial charge < -0.3 is 10.2 Å². The molecule has 2 aromatic carbocycles. The number of hydrogen-bond acceptors (Lipinski definition) is 5. The molecule has 5 rings (SSSR count). The number of nitrogens with one attached hydrogen (secondary N) is 1. The summed E-state index contributed by atoms with van der Waals surface area (Å²) in [7, 11) is 0. The number of thioether (sulfide) groups is 1. The highest BCUT2D eigenvalue weighted by Gasteiger charge is 2.43. The first kappa shape index (κ1) is 21.7. The number of rotatable bonds is 7. The molecule has 7 nitrogen and oxygen atoms in total. The van der Waals surface area contributed by atoms with Gasteiger partial charge in [0.15, 0.2) is 0 Å². The largest absolute Gasteiger partial charge is 0.342 e.